The zero-order valence-electron chi connectivity index (χ0n) is 36.7. The predicted molar refractivity (Wildman–Crippen MR) is 270 cm³/mol. The van der Waals surface area contributed by atoms with Crippen LogP contribution in [0.2, 0.25) is 0 Å². The van der Waals surface area contributed by atoms with Gasteiger partial charge in [0.05, 0.1) is 68.8 Å². The third-order valence-corrected chi connectivity index (χ3v) is 12.3. The molecule has 0 atom stereocenters. The van der Waals surface area contributed by atoms with E-state index >= 15 is 0 Å². The van der Waals surface area contributed by atoms with Crippen molar-refractivity contribution >= 4 is 33.1 Å². The van der Waals surface area contributed by atoms with Gasteiger partial charge in [-0.05, 0) is 72.8 Å². The van der Waals surface area contributed by atoms with E-state index in [2.05, 4.69) is 65.1 Å². The van der Waals surface area contributed by atoms with Crippen LogP contribution >= 0.6 is 0 Å². The number of benzene rings is 6. The van der Waals surface area contributed by atoms with Crippen molar-refractivity contribution in [2.24, 2.45) is 0 Å². The van der Waals surface area contributed by atoms with Crippen LogP contribution in [-0.4, -0.2) is 58.6 Å². The summed E-state index contributed by atoms with van der Waals surface area (Å²) in [6.07, 6.45) is 10.9. The van der Waals surface area contributed by atoms with Crippen LogP contribution in [0.3, 0.4) is 0 Å². The Hall–Kier alpha value is -9.81. The Morgan fingerprint density at radius 3 is 0.812 bits per heavy atom. The molecule has 0 aliphatic carbocycles. The van der Waals surface area contributed by atoms with Gasteiger partial charge in [0.1, 0.15) is 17.5 Å². The summed E-state index contributed by atoms with van der Waals surface area (Å²) >= 11 is 0. The standard InChI is InChI=1S/C57H36N12/c1-4-22-43(55-61-46-25-7-10-28-49(46)67(55)37-16-13-31-58-34-37)40(19-1)52-64-53(41-20-2-5-23-44(41)56-62-47-26-8-11-29-50(47)68(56)38-17-14-32-59-35-38)66-54(65-52)42-21-3-6-24-45(42)57-63-48-27-9-12-30-51(48)69(57)39-18-15-33-60-36-39/h1-36H. The number of imidazole rings is 3. The molecule has 0 radical (unpaired) electrons. The summed E-state index contributed by atoms with van der Waals surface area (Å²) in [4.78, 5) is 45.6. The zero-order chi connectivity index (χ0) is 45.7. The molecule has 12 heteroatoms. The number of hydrogen-bond donors (Lipinski definition) is 0. The molecule has 13 aromatic rings. The molecule has 0 unspecified atom stereocenters. The van der Waals surface area contributed by atoms with Crippen molar-refractivity contribution < 1.29 is 0 Å². The number of rotatable bonds is 9. The average molecular weight is 889 g/mol. The van der Waals surface area contributed by atoms with Gasteiger partial charge < -0.3 is 0 Å². The third kappa shape index (κ3) is 6.82. The highest BCUT2D eigenvalue weighted by Gasteiger charge is 2.25. The number of hydrogen-bond acceptors (Lipinski definition) is 9. The van der Waals surface area contributed by atoms with Crippen LogP contribution in [0, 0.1) is 0 Å². The minimum absolute atomic E-state index is 0.460. The van der Waals surface area contributed by atoms with Gasteiger partial charge in [0.2, 0.25) is 0 Å². The van der Waals surface area contributed by atoms with Gasteiger partial charge in [-0.25, -0.2) is 29.9 Å². The minimum atomic E-state index is 0.460. The molecular formula is C57H36N12. The second-order valence-corrected chi connectivity index (χ2v) is 16.4. The fraction of sp³-hybridized carbons (Fsp3) is 0. The van der Waals surface area contributed by atoms with Crippen LogP contribution in [0.4, 0.5) is 0 Å². The van der Waals surface area contributed by atoms with Crippen molar-refractivity contribution in [2.75, 3.05) is 0 Å². The van der Waals surface area contributed by atoms with Crippen molar-refractivity contribution in [1.29, 1.82) is 0 Å². The van der Waals surface area contributed by atoms with E-state index in [-0.39, 0.29) is 0 Å². The first-order valence-electron chi connectivity index (χ1n) is 22.4. The minimum Gasteiger partial charge on any atom is -0.291 e. The lowest BCUT2D eigenvalue weighted by molar-refractivity contribution is 1.05. The highest BCUT2D eigenvalue weighted by Crippen LogP contribution is 2.40. The number of nitrogens with zero attached hydrogens (tertiary/aromatic N) is 12. The number of para-hydroxylation sites is 6. The van der Waals surface area contributed by atoms with Crippen molar-refractivity contribution in [3.63, 3.8) is 0 Å². The summed E-state index contributed by atoms with van der Waals surface area (Å²) in [5.41, 5.74) is 12.8. The van der Waals surface area contributed by atoms with E-state index in [1.165, 1.54) is 0 Å². The summed E-state index contributed by atoms with van der Waals surface area (Å²) in [6.45, 7) is 0. The molecule has 0 aliphatic rings. The monoisotopic (exact) mass is 888 g/mol. The molecule has 0 saturated carbocycles. The molecule has 13 rings (SSSR count). The Bertz CT molecular complexity index is 3600. The van der Waals surface area contributed by atoms with E-state index in [0.717, 1.165) is 101 Å². The van der Waals surface area contributed by atoms with Gasteiger partial charge in [-0.3, -0.25) is 28.7 Å². The van der Waals surface area contributed by atoms with Crippen molar-refractivity contribution in [2.45, 2.75) is 0 Å². The summed E-state index contributed by atoms with van der Waals surface area (Å²) in [6, 6.07) is 60.7. The molecule has 0 N–H and O–H groups in total. The molecular weight excluding hydrogens is 853 g/mol. The first kappa shape index (κ1) is 39.5. The normalized spacial score (nSPS) is 11.5. The summed E-state index contributed by atoms with van der Waals surface area (Å²) in [5.74, 6) is 3.54. The first-order valence-corrected chi connectivity index (χ1v) is 22.4. The van der Waals surface area contributed by atoms with Crippen molar-refractivity contribution in [1.82, 2.24) is 58.6 Å². The highest BCUT2D eigenvalue weighted by molar-refractivity contribution is 5.92. The van der Waals surface area contributed by atoms with Crippen LogP contribution in [0.5, 0.6) is 0 Å². The van der Waals surface area contributed by atoms with Crippen LogP contribution in [-0.2, 0) is 0 Å². The zero-order valence-corrected chi connectivity index (χ0v) is 36.7. The van der Waals surface area contributed by atoms with Gasteiger partial charge >= 0.3 is 0 Å². The predicted octanol–water partition coefficient (Wildman–Crippen LogP) is 12.1. The van der Waals surface area contributed by atoms with Crippen LogP contribution in [0.1, 0.15) is 0 Å². The van der Waals surface area contributed by atoms with E-state index in [9.17, 15) is 0 Å². The fourth-order valence-electron chi connectivity index (χ4n) is 9.22. The van der Waals surface area contributed by atoms with Gasteiger partial charge in [-0.1, -0.05) is 109 Å². The molecule has 69 heavy (non-hydrogen) atoms. The molecule has 0 aliphatic heterocycles. The van der Waals surface area contributed by atoms with E-state index in [1.54, 1.807) is 18.6 Å². The molecule has 7 aromatic heterocycles. The maximum atomic E-state index is 5.44. The molecule has 6 aromatic carbocycles. The molecule has 0 amide bonds. The molecule has 7 heterocycles. The lowest BCUT2D eigenvalue weighted by Crippen LogP contribution is -2.05. The molecule has 0 spiro atoms. The van der Waals surface area contributed by atoms with E-state index in [1.807, 2.05) is 164 Å². The van der Waals surface area contributed by atoms with Crippen LogP contribution < -0.4 is 0 Å². The Labute approximate surface area is 394 Å². The topological polar surface area (TPSA) is 131 Å². The second kappa shape index (κ2) is 16.6. The fourth-order valence-corrected chi connectivity index (χ4v) is 9.22. The van der Waals surface area contributed by atoms with E-state index in [4.69, 9.17) is 29.9 Å². The Kier molecular flexibility index (Phi) is 9.49. The van der Waals surface area contributed by atoms with Gasteiger partial charge in [0, 0.05) is 52.0 Å². The molecule has 324 valence electrons. The maximum absolute atomic E-state index is 5.44. The number of fused-ring (bicyclic) bond motifs is 3. The molecule has 12 nitrogen and oxygen atoms in total. The quantitative estimate of drug-likeness (QED) is 0.139. The van der Waals surface area contributed by atoms with Crippen molar-refractivity contribution in [3.8, 4) is 85.4 Å². The first-order chi connectivity index (χ1) is 34.2. The lowest BCUT2D eigenvalue weighted by atomic mass is 10.0. The highest BCUT2D eigenvalue weighted by atomic mass is 15.1. The number of aromatic nitrogens is 12. The summed E-state index contributed by atoms with van der Waals surface area (Å²) in [5, 5.41) is 0. The Balaban J connectivity index is 1.08. The van der Waals surface area contributed by atoms with E-state index in [0.29, 0.717) is 17.5 Å². The molecule has 0 bridgehead atoms. The van der Waals surface area contributed by atoms with Crippen molar-refractivity contribution in [3.05, 3.63) is 219 Å². The Morgan fingerprint density at radius 1 is 0.246 bits per heavy atom. The maximum Gasteiger partial charge on any atom is 0.164 e. The van der Waals surface area contributed by atoms with Gasteiger partial charge in [0.25, 0.3) is 0 Å². The third-order valence-electron chi connectivity index (χ3n) is 12.3. The van der Waals surface area contributed by atoms with Gasteiger partial charge in [-0.2, -0.15) is 0 Å². The smallest absolute Gasteiger partial charge is 0.164 e. The van der Waals surface area contributed by atoms with Gasteiger partial charge in [0.15, 0.2) is 17.5 Å². The largest absolute Gasteiger partial charge is 0.291 e. The average Bonchev–Trinajstić information content (AvgIpc) is 4.14. The SMILES string of the molecule is c1cncc(-n2c(-c3ccccc3-c3nc(-c4ccccc4-c4nc5ccccc5n4-c4cccnc4)nc(-c4ccccc4-c4nc5ccccc5n4-c4cccnc4)n3)nc3ccccc32)c1. The van der Waals surface area contributed by atoms with Crippen LogP contribution in [0.25, 0.3) is 118 Å². The lowest BCUT2D eigenvalue weighted by Gasteiger charge is -2.16. The Morgan fingerprint density at radius 2 is 0.522 bits per heavy atom. The summed E-state index contributed by atoms with van der Waals surface area (Å²) < 4.78 is 6.42. The number of pyridine rings is 3. The molecule has 0 saturated heterocycles. The second-order valence-electron chi connectivity index (χ2n) is 16.4. The molecule has 0 fully saturated rings. The summed E-state index contributed by atoms with van der Waals surface area (Å²) in [7, 11) is 0. The van der Waals surface area contributed by atoms with Crippen LogP contribution in [0.15, 0.2) is 219 Å². The van der Waals surface area contributed by atoms with Gasteiger partial charge in [-0.15, -0.1) is 0 Å². The van der Waals surface area contributed by atoms with E-state index < -0.39 is 0 Å².